The number of allylic oxidation sites excluding steroid dienone is 17. The van der Waals surface area contributed by atoms with Gasteiger partial charge in [-0.05, 0) is 65.0 Å². The smallest absolute Gasteiger partial charge is 0.192 e. The van der Waals surface area contributed by atoms with Crippen LogP contribution in [-0.2, 0) is 6.18 Å². The van der Waals surface area contributed by atoms with Crippen molar-refractivity contribution in [3.63, 3.8) is 0 Å². The van der Waals surface area contributed by atoms with Gasteiger partial charge in [-0.25, -0.2) is 0 Å². The van der Waals surface area contributed by atoms with E-state index >= 15 is 0 Å². The maximum atomic E-state index is 13.3. The molecule has 0 heterocycles. The standard InChI is InChI=1S/C35H16F6N6/c1-3-19(5-4-18(2)34(36,37)38)30-28(16-46)24-10-27-25(11-26(24)32(30)21(12-42)13-43)29(17-47)31(33(27)22(14-44)15-45)20-6-8-23(9-7-20)35(39,40)41/h3-10,26H,2,11H2,1H3/b5-4-,19-3+. The van der Waals surface area contributed by atoms with E-state index in [4.69, 9.17) is 0 Å². The number of hydrogen-bond donors (Lipinski definition) is 0. The minimum Gasteiger partial charge on any atom is -0.192 e. The van der Waals surface area contributed by atoms with Crippen LogP contribution >= 0.6 is 0 Å². The van der Waals surface area contributed by atoms with Gasteiger partial charge in [0.15, 0.2) is 0 Å². The van der Waals surface area contributed by atoms with Crippen molar-refractivity contribution >= 4 is 5.57 Å². The summed E-state index contributed by atoms with van der Waals surface area (Å²) in [5, 5.41) is 60.1. The first-order valence-electron chi connectivity index (χ1n) is 13.3. The van der Waals surface area contributed by atoms with Crippen LogP contribution in [0.4, 0.5) is 26.3 Å². The molecule has 47 heavy (non-hydrogen) atoms. The van der Waals surface area contributed by atoms with Crippen LogP contribution < -0.4 is 0 Å². The van der Waals surface area contributed by atoms with Gasteiger partial charge in [-0.1, -0.05) is 36.9 Å². The van der Waals surface area contributed by atoms with Crippen LogP contribution in [-0.4, -0.2) is 6.18 Å². The molecular formula is C35H16F6N6. The Kier molecular flexibility index (Phi) is 8.80. The zero-order chi connectivity index (χ0) is 34.8. The van der Waals surface area contributed by atoms with Crippen molar-refractivity contribution in [2.75, 3.05) is 0 Å². The Morgan fingerprint density at radius 1 is 0.830 bits per heavy atom. The van der Waals surface area contributed by atoms with Crippen LogP contribution in [0.25, 0.3) is 5.57 Å². The maximum Gasteiger partial charge on any atom is 0.416 e. The number of alkyl halides is 6. The van der Waals surface area contributed by atoms with Gasteiger partial charge in [-0.15, -0.1) is 0 Å². The van der Waals surface area contributed by atoms with Gasteiger partial charge in [0.2, 0.25) is 0 Å². The number of hydrogen-bond acceptors (Lipinski definition) is 6. The third kappa shape index (κ3) is 5.69. The lowest BCUT2D eigenvalue weighted by Gasteiger charge is -2.23. The molecule has 0 bridgehead atoms. The van der Waals surface area contributed by atoms with Crippen LogP contribution in [0.3, 0.4) is 0 Å². The van der Waals surface area contributed by atoms with Gasteiger partial charge in [0.1, 0.15) is 47.6 Å². The van der Waals surface area contributed by atoms with E-state index in [9.17, 15) is 57.9 Å². The Hall–Kier alpha value is -6.60. The largest absolute Gasteiger partial charge is 0.416 e. The highest BCUT2D eigenvalue weighted by molar-refractivity contribution is 5.99. The molecule has 0 aliphatic heterocycles. The summed E-state index contributed by atoms with van der Waals surface area (Å²) in [6.45, 7) is 4.47. The Morgan fingerprint density at radius 3 is 1.87 bits per heavy atom. The van der Waals surface area contributed by atoms with E-state index in [1.165, 1.54) is 19.1 Å². The molecule has 0 amide bonds. The molecule has 0 spiro atoms. The van der Waals surface area contributed by atoms with Gasteiger partial charge in [0.05, 0.1) is 16.7 Å². The number of rotatable bonds is 4. The van der Waals surface area contributed by atoms with E-state index in [1.54, 1.807) is 24.3 Å². The van der Waals surface area contributed by atoms with E-state index in [0.717, 1.165) is 30.3 Å². The summed E-state index contributed by atoms with van der Waals surface area (Å²) >= 11 is 0. The van der Waals surface area contributed by atoms with Crippen LogP contribution in [0.15, 0.2) is 122 Å². The molecule has 0 N–H and O–H groups in total. The molecule has 6 nitrogen and oxygen atoms in total. The van der Waals surface area contributed by atoms with Gasteiger partial charge in [0, 0.05) is 28.2 Å². The number of halogens is 6. The van der Waals surface area contributed by atoms with Crippen molar-refractivity contribution in [1.82, 2.24) is 0 Å². The second-order valence-electron chi connectivity index (χ2n) is 10.1. The second kappa shape index (κ2) is 12.4. The Bertz CT molecular complexity index is 2120. The monoisotopic (exact) mass is 634 g/mol. The third-order valence-electron chi connectivity index (χ3n) is 7.76. The zero-order valence-corrected chi connectivity index (χ0v) is 24.1. The fourth-order valence-electron chi connectivity index (χ4n) is 5.70. The summed E-state index contributed by atoms with van der Waals surface area (Å²) in [6, 6.07) is 14.8. The number of nitrogens with zero attached hydrogens (tertiary/aromatic N) is 6. The fourth-order valence-corrected chi connectivity index (χ4v) is 5.70. The van der Waals surface area contributed by atoms with Gasteiger partial charge in [-0.2, -0.15) is 57.9 Å². The van der Waals surface area contributed by atoms with Crippen LogP contribution in [0.2, 0.25) is 0 Å². The van der Waals surface area contributed by atoms with Crippen molar-refractivity contribution < 1.29 is 26.3 Å². The molecule has 0 saturated heterocycles. The average Bonchev–Trinajstić information content (AvgIpc) is 3.52. The summed E-state index contributed by atoms with van der Waals surface area (Å²) in [4.78, 5) is 0. The molecule has 1 aromatic rings. The van der Waals surface area contributed by atoms with E-state index in [1.807, 2.05) is 12.1 Å². The van der Waals surface area contributed by atoms with E-state index in [-0.39, 0.29) is 67.7 Å². The number of benzene rings is 1. The molecular weight excluding hydrogens is 618 g/mol. The quantitative estimate of drug-likeness (QED) is 0.185. The van der Waals surface area contributed by atoms with Crippen molar-refractivity contribution in [2.24, 2.45) is 5.92 Å². The SMILES string of the molecule is C=C(/C=C\C(=C/C)C1=C(C#N)C2=CC3=C(CC2C1=C(C#N)C#N)C(C#N)=C(c1ccc(C(F)(F)F)cc1)C3=C(C#N)C#N)C(F)(F)F. The molecule has 0 fully saturated rings. The normalized spacial score (nSPS) is 17.6. The lowest BCUT2D eigenvalue weighted by Crippen LogP contribution is -2.12. The fraction of sp³-hybridized carbons (Fsp3) is 0.143. The predicted octanol–water partition coefficient (Wildman–Crippen LogP) is 8.38. The highest BCUT2D eigenvalue weighted by atomic mass is 19.4. The summed E-state index contributed by atoms with van der Waals surface area (Å²) in [5.41, 5.74) is -2.53. The lowest BCUT2D eigenvalue weighted by molar-refractivity contribution is -0.137. The Morgan fingerprint density at radius 2 is 1.40 bits per heavy atom. The van der Waals surface area contributed by atoms with Crippen LogP contribution in [0, 0.1) is 73.9 Å². The first kappa shape index (κ1) is 33.3. The molecule has 1 aromatic carbocycles. The van der Waals surface area contributed by atoms with E-state index < -0.39 is 40.6 Å². The van der Waals surface area contributed by atoms with E-state index in [2.05, 4.69) is 6.58 Å². The minimum absolute atomic E-state index is 0.00789. The number of fused-ring (bicyclic) bond motifs is 1. The van der Waals surface area contributed by atoms with Crippen LogP contribution in [0.5, 0.6) is 0 Å². The van der Waals surface area contributed by atoms with Crippen molar-refractivity contribution in [3.8, 4) is 36.4 Å². The number of nitriles is 6. The highest BCUT2D eigenvalue weighted by Gasteiger charge is 2.44. The molecule has 1 unspecified atom stereocenters. The molecule has 228 valence electrons. The molecule has 0 aromatic heterocycles. The van der Waals surface area contributed by atoms with Gasteiger partial charge in [-0.3, -0.25) is 0 Å². The van der Waals surface area contributed by atoms with E-state index in [0.29, 0.717) is 6.08 Å². The molecule has 0 radical (unpaired) electrons. The Balaban J connectivity index is 2.04. The molecule has 3 aliphatic rings. The summed E-state index contributed by atoms with van der Waals surface area (Å²) < 4.78 is 79.5. The zero-order valence-electron chi connectivity index (χ0n) is 24.1. The molecule has 0 saturated carbocycles. The third-order valence-corrected chi connectivity index (χ3v) is 7.76. The predicted molar refractivity (Wildman–Crippen MR) is 154 cm³/mol. The lowest BCUT2D eigenvalue weighted by atomic mass is 9.78. The van der Waals surface area contributed by atoms with Crippen molar-refractivity contribution in [2.45, 2.75) is 25.7 Å². The van der Waals surface area contributed by atoms with Gasteiger partial charge in [0.25, 0.3) is 0 Å². The van der Waals surface area contributed by atoms with Crippen LogP contribution in [0.1, 0.15) is 24.5 Å². The minimum atomic E-state index is -4.76. The molecule has 4 rings (SSSR count). The first-order chi connectivity index (χ1) is 22.2. The average molecular weight is 635 g/mol. The van der Waals surface area contributed by atoms with Crippen molar-refractivity contribution in [1.29, 1.82) is 31.6 Å². The van der Waals surface area contributed by atoms with Gasteiger partial charge >= 0.3 is 12.4 Å². The molecule has 1 atom stereocenters. The Labute approximate surface area is 264 Å². The highest BCUT2D eigenvalue weighted by Crippen LogP contribution is 2.56. The summed E-state index contributed by atoms with van der Waals surface area (Å²) in [6.07, 6.45) is -5.05. The maximum absolute atomic E-state index is 13.3. The second-order valence-corrected chi connectivity index (χ2v) is 10.1. The first-order valence-corrected chi connectivity index (χ1v) is 13.3. The molecule has 12 heteroatoms. The molecule has 3 aliphatic carbocycles. The topological polar surface area (TPSA) is 143 Å². The van der Waals surface area contributed by atoms with Gasteiger partial charge < -0.3 is 0 Å². The van der Waals surface area contributed by atoms with Crippen molar-refractivity contribution in [3.05, 3.63) is 133 Å². The summed E-state index contributed by atoms with van der Waals surface area (Å²) in [5.74, 6) is -0.939. The summed E-state index contributed by atoms with van der Waals surface area (Å²) in [7, 11) is 0.